The fourth-order valence-electron chi connectivity index (χ4n) is 4.09. The van der Waals surface area contributed by atoms with E-state index in [0.717, 1.165) is 31.5 Å². The minimum Gasteiger partial charge on any atom is -0.481 e. The molecule has 4 aromatic rings. The first-order valence-corrected chi connectivity index (χ1v) is 10.8. The van der Waals surface area contributed by atoms with Crippen LogP contribution in [0.15, 0.2) is 40.1 Å². The number of aromatic nitrogens is 4. The highest BCUT2D eigenvalue weighted by molar-refractivity contribution is 7.13. The molecule has 3 aromatic heterocycles. The van der Waals surface area contributed by atoms with Crippen LogP contribution in [0.5, 0.6) is 0 Å². The normalized spacial score (nSPS) is 12.5. The summed E-state index contributed by atoms with van der Waals surface area (Å²) in [4.78, 5) is 42.1. The molecule has 0 unspecified atom stereocenters. The number of carboxylic acid groups (broad SMARTS) is 1. The Hall–Kier alpha value is -3.33. The van der Waals surface area contributed by atoms with Gasteiger partial charge in [-0.15, -0.1) is 0 Å². The fourth-order valence-corrected chi connectivity index (χ4v) is 5.05. The van der Waals surface area contributed by atoms with Crippen LogP contribution in [0.2, 0.25) is 0 Å². The number of rotatable bonds is 6. The first-order valence-electron chi connectivity index (χ1n) is 9.99. The van der Waals surface area contributed by atoms with Crippen molar-refractivity contribution in [1.82, 2.24) is 18.5 Å². The molecule has 0 saturated carbocycles. The van der Waals surface area contributed by atoms with Crippen LogP contribution in [0.4, 0.5) is 0 Å². The molecule has 0 aliphatic carbocycles. The van der Waals surface area contributed by atoms with Gasteiger partial charge in [0.1, 0.15) is 0 Å². The van der Waals surface area contributed by atoms with Gasteiger partial charge in [-0.25, -0.2) is 9.78 Å². The van der Waals surface area contributed by atoms with Crippen LogP contribution in [-0.2, 0) is 11.3 Å². The van der Waals surface area contributed by atoms with Crippen molar-refractivity contribution in [3.05, 3.63) is 68.1 Å². The third-order valence-corrected chi connectivity index (χ3v) is 6.31. The van der Waals surface area contributed by atoms with E-state index in [0.29, 0.717) is 11.9 Å². The molecule has 3 heterocycles. The predicted octanol–water partition coefficient (Wildman–Crippen LogP) is 3.26. The predicted molar refractivity (Wildman–Crippen MR) is 120 cm³/mol. The number of hydrogen-bond acceptors (Lipinski definition) is 6. The highest BCUT2D eigenvalue weighted by atomic mass is 32.1. The summed E-state index contributed by atoms with van der Waals surface area (Å²) in [5, 5.41) is 10.3. The Bertz CT molecular complexity index is 1430. The van der Waals surface area contributed by atoms with Gasteiger partial charge in [0.15, 0.2) is 5.52 Å². The quantitative estimate of drug-likeness (QED) is 0.495. The van der Waals surface area contributed by atoms with Gasteiger partial charge in [-0.2, -0.15) is 4.37 Å². The SMILES string of the molecule is CC[C@@H](CC(=O)O)n1c(=O)c2ncccc2n(Cc2nsc3cc(C)cc(C)c23)c1=O. The summed E-state index contributed by atoms with van der Waals surface area (Å²) in [6.45, 7) is 5.95. The number of aliphatic carboxylic acids is 1. The summed E-state index contributed by atoms with van der Waals surface area (Å²) in [5.74, 6) is -1.07. The van der Waals surface area contributed by atoms with E-state index in [9.17, 15) is 19.5 Å². The van der Waals surface area contributed by atoms with E-state index in [4.69, 9.17) is 0 Å². The van der Waals surface area contributed by atoms with Crippen molar-refractivity contribution in [2.24, 2.45) is 0 Å². The van der Waals surface area contributed by atoms with E-state index in [1.54, 1.807) is 19.1 Å². The summed E-state index contributed by atoms with van der Waals surface area (Å²) in [7, 11) is 0. The molecule has 0 bridgehead atoms. The van der Waals surface area contributed by atoms with Gasteiger partial charge in [0.2, 0.25) is 0 Å². The molecule has 0 aliphatic heterocycles. The van der Waals surface area contributed by atoms with Crippen molar-refractivity contribution in [1.29, 1.82) is 0 Å². The average Bonchev–Trinajstić information content (AvgIpc) is 3.12. The molecular weight excluding hydrogens is 416 g/mol. The minimum absolute atomic E-state index is 0.137. The van der Waals surface area contributed by atoms with Gasteiger partial charge in [0.25, 0.3) is 5.56 Å². The van der Waals surface area contributed by atoms with E-state index in [-0.39, 0.29) is 18.5 Å². The second-order valence-corrected chi connectivity index (χ2v) is 8.46. The highest BCUT2D eigenvalue weighted by Crippen LogP contribution is 2.28. The molecule has 8 nitrogen and oxygen atoms in total. The number of carbonyl (C=O) groups is 1. The Morgan fingerprint density at radius 2 is 2.03 bits per heavy atom. The number of fused-ring (bicyclic) bond motifs is 2. The first kappa shape index (κ1) is 20.9. The van der Waals surface area contributed by atoms with Crippen molar-refractivity contribution >= 4 is 38.6 Å². The maximum atomic E-state index is 13.5. The molecular formula is C22H22N4O4S. The highest BCUT2D eigenvalue weighted by Gasteiger charge is 2.23. The molecule has 4 rings (SSSR count). The van der Waals surface area contributed by atoms with Crippen molar-refractivity contribution in [2.45, 2.75) is 46.2 Å². The second-order valence-electron chi connectivity index (χ2n) is 7.66. The topological polar surface area (TPSA) is 107 Å². The van der Waals surface area contributed by atoms with Crippen LogP contribution in [-0.4, -0.2) is 29.6 Å². The number of aryl methyl sites for hydroxylation is 2. The van der Waals surface area contributed by atoms with Crippen molar-refractivity contribution in [3.8, 4) is 0 Å². The van der Waals surface area contributed by atoms with Gasteiger partial charge in [-0.1, -0.05) is 13.0 Å². The molecule has 0 spiro atoms. The van der Waals surface area contributed by atoms with E-state index < -0.39 is 23.3 Å². The summed E-state index contributed by atoms with van der Waals surface area (Å²) >= 11 is 1.37. The largest absolute Gasteiger partial charge is 0.481 e. The fraction of sp³-hybridized carbons (Fsp3) is 0.318. The molecule has 0 fully saturated rings. The second kappa shape index (κ2) is 8.07. The Labute approximate surface area is 181 Å². The third kappa shape index (κ3) is 3.65. The summed E-state index contributed by atoms with van der Waals surface area (Å²) in [6, 6.07) is 6.73. The number of pyridine rings is 1. The van der Waals surface area contributed by atoms with Crippen LogP contribution in [0, 0.1) is 13.8 Å². The van der Waals surface area contributed by atoms with Crippen LogP contribution in [0.1, 0.15) is 42.6 Å². The number of benzene rings is 1. The van der Waals surface area contributed by atoms with Gasteiger partial charge in [0, 0.05) is 11.6 Å². The van der Waals surface area contributed by atoms with E-state index in [1.807, 2.05) is 13.8 Å². The van der Waals surface area contributed by atoms with Gasteiger partial charge in [0.05, 0.1) is 34.9 Å². The molecule has 0 radical (unpaired) electrons. The maximum absolute atomic E-state index is 13.5. The van der Waals surface area contributed by atoms with Crippen molar-refractivity contribution in [2.75, 3.05) is 0 Å². The summed E-state index contributed by atoms with van der Waals surface area (Å²) < 4.78 is 8.13. The molecule has 160 valence electrons. The lowest BCUT2D eigenvalue weighted by Gasteiger charge is -2.19. The molecule has 31 heavy (non-hydrogen) atoms. The molecule has 0 amide bonds. The van der Waals surface area contributed by atoms with Crippen molar-refractivity contribution < 1.29 is 9.90 Å². The lowest BCUT2D eigenvalue weighted by molar-refractivity contribution is -0.138. The molecule has 1 atom stereocenters. The van der Waals surface area contributed by atoms with E-state index >= 15 is 0 Å². The monoisotopic (exact) mass is 438 g/mol. The zero-order chi connectivity index (χ0) is 22.3. The zero-order valence-electron chi connectivity index (χ0n) is 17.5. The standard InChI is InChI=1S/C22H22N4O4S/c1-4-14(10-18(27)28)26-21(29)20-16(6-5-7-23-20)25(22(26)30)11-15-19-13(3)8-12(2)9-17(19)31-24-15/h5-9,14H,4,10-11H2,1-3H3,(H,27,28)/t14-/m0/s1. The van der Waals surface area contributed by atoms with Crippen LogP contribution in [0.25, 0.3) is 21.1 Å². The number of carboxylic acids is 1. The lowest BCUT2D eigenvalue weighted by atomic mass is 10.1. The van der Waals surface area contributed by atoms with Crippen molar-refractivity contribution in [3.63, 3.8) is 0 Å². The Morgan fingerprint density at radius 3 is 2.74 bits per heavy atom. The summed E-state index contributed by atoms with van der Waals surface area (Å²) in [6.07, 6.45) is 1.51. The minimum atomic E-state index is -1.07. The van der Waals surface area contributed by atoms with Crippen LogP contribution < -0.4 is 11.2 Å². The van der Waals surface area contributed by atoms with Gasteiger partial charge < -0.3 is 5.11 Å². The lowest BCUT2D eigenvalue weighted by Crippen LogP contribution is -2.43. The number of hydrogen-bond donors (Lipinski definition) is 1. The van der Waals surface area contributed by atoms with E-state index in [1.165, 1.54) is 22.3 Å². The zero-order valence-corrected chi connectivity index (χ0v) is 18.3. The molecule has 0 saturated heterocycles. The molecule has 0 aliphatic rings. The summed E-state index contributed by atoms with van der Waals surface area (Å²) in [5.41, 5.74) is 2.37. The average molecular weight is 439 g/mol. The Balaban J connectivity index is 1.97. The van der Waals surface area contributed by atoms with Gasteiger partial charge in [-0.3, -0.25) is 18.7 Å². The molecule has 1 aromatic carbocycles. The molecule has 1 N–H and O–H groups in total. The Kier molecular flexibility index (Phi) is 5.45. The van der Waals surface area contributed by atoms with Gasteiger partial charge in [-0.05, 0) is 61.1 Å². The van der Waals surface area contributed by atoms with Crippen LogP contribution in [0.3, 0.4) is 0 Å². The Morgan fingerprint density at radius 1 is 1.26 bits per heavy atom. The first-order chi connectivity index (χ1) is 14.8. The van der Waals surface area contributed by atoms with Crippen LogP contribution >= 0.6 is 11.5 Å². The van der Waals surface area contributed by atoms with Gasteiger partial charge >= 0.3 is 11.7 Å². The molecule has 9 heteroatoms. The third-order valence-electron chi connectivity index (χ3n) is 5.48. The number of nitrogens with zero attached hydrogens (tertiary/aromatic N) is 4. The maximum Gasteiger partial charge on any atom is 0.332 e. The van der Waals surface area contributed by atoms with E-state index in [2.05, 4.69) is 21.5 Å². The smallest absolute Gasteiger partial charge is 0.332 e.